The van der Waals surface area contributed by atoms with E-state index in [1.54, 1.807) is 33.1 Å². The van der Waals surface area contributed by atoms with Crippen molar-refractivity contribution in [2.24, 2.45) is 0 Å². The van der Waals surface area contributed by atoms with Gasteiger partial charge in [-0.15, -0.1) is 0 Å². The van der Waals surface area contributed by atoms with Crippen molar-refractivity contribution in [1.29, 1.82) is 0 Å². The average Bonchev–Trinajstić information content (AvgIpc) is 2.62. The maximum atomic E-state index is 9.89. The Morgan fingerprint density at radius 3 is 2.67 bits per heavy atom. The van der Waals surface area contributed by atoms with Crippen LogP contribution in [0.25, 0.3) is 0 Å². The van der Waals surface area contributed by atoms with Crippen molar-refractivity contribution in [1.82, 2.24) is 0 Å². The lowest BCUT2D eigenvalue weighted by Crippen LogP contribution is -2.15. The first kappa shape index (κ1) is 10.1. The fourth-order valence-corrected chi connectivity index (χ4v) is 1.48. The third-order valence-electron chi connectivity index (χ3n) is 2.36. The van der Waals surface area contributed by atoms with Gasteiger partial charge in [0.05, 0.1) is 12.7 Å². The number of methoxy groups -OCH3 is 1. The van der Waals surface area contributed by atoms with Crippen molar-refractivity contribution < 1.29 is 19.3 Å². The monoisotopic (exact) mass is 210 g/mol. The van der Waals surface area contributed by atoms with Gasteiger partial charge in [0, 0.05) is 0 Å². The van der Waals surface area contributed by atoms with Crippen molar-refractivity contribution in [3.8, 4) is 17.2 Å². The first-order chi connectivity index (χ1) is 7.02. The van der Waals surface area contributed by atoms with Crippen LogP contribution in [-0.2, 0) is 5.60 Å². The number of fused-ring (bicyclic) bond motifs is 1. The molecule has 1 aromatic rings. The van der Waals surface area contributed by atoms with Gasteiger partial charge in [0.15, 0.2) is 11.5 Å². The molecule has 0 saturated carbocycles. The molecule has 0 bridgehead atoms. The van der Waals surface area contributed by atoms with Crippen molar-refractivity contribution >= 4 is 0 Å². The van der Waals surface area contributed by atoms with Crippen LogP contribution in [0.15, 0.2) is 12.1 Å². The van der Waals surface area contributed by atoms with Crippen LogP contribution in [0, 0.1) is 0 Å². The normalized spacial score (nSPS) is 14.1. The second-order valence-corrected chi connectivity index (χ2v) is 3.97. The lowest BCUT2D eigenvalue weighted by molar-refractivity contribution is 0.0781. The molecular weight excluding hydrogens is 196 g/mol. The Morgan fingerprint density at radius 2 is 2.07 bits per heavy atom. The van der Waals surface area contributed by atoms with Gasteiger partial charge in [-0.3, -0.25) is 0 Å². The number of hydrogen-bond donors (Lipinski definition) is 1. The second-order valence-electron chi connectivity index (χ2n) is 3.97. The lowest BCUT2D eigenvalue weighted by Gasteiger charge is -2.19. The molecule has 15 heavy (non-hydrogen) atoms. The van der Waals surface area contributed by atoms with E-state index in [1.165, 1.54) is 0 Å². The van der Waals surface area contributed by atoms with Gasteiger partial charge in [-0.1, -0.05) is 0 Å². The molecule has 1 N–H and O–H groups in total. The molecule has 0 aromatic heterocycles. The quantitative estimate of drug-likeness (QED) is 0.806. The van der Waals surface area contributed by atoms with Crippen LogP contribution in [0.2, 0.25) is 0 Å². The molecule has 0 saturated heterocycles. The van der Waals surface area contributed by atoms with Gasteiger partial charge < -0.3 is 19.3 Å². The maximum absolute atomic E-state index is 9.89. The zero-order chi connectivity index (χ0) is 11.1. The summed E-state index contributed by atoms with van der Waals surface area (Å²) in [6.45, 7) is 3.62. The molecule has 0 aliphatic carbocycles. The van der Waals surface area contributed by atoms with E-state index >= 15 is 0 Å². The van der Waals surface area contributed by atoms with E-state index in [0.717, 1.165) is 5.56 Å². The van der Waals surface area contributed by atoms with Crippen LogP contribution in [0.5, 0.6) is 17.2 Å². The van der Waals surface area contributed by atoms with E-state index in [9.17, 15) is 5.11 Å². The van der Waals surface area contributed by atoms with Crippen LogP contribution in [0.3, 0.4) is 0 Å². The van der Waals surface area contributed by atoms with E-state index in [-0.39, 0.29) is 6.79 Å². The summed E-state index contributed by atoms with van der Waals surface area (Å²) in [6, 6.07) is 3.53. The van der Waals surface area contributed by atoms with Crippen molar-refractivity contribution in [3.05, 3.63) is 17.7 Å². The van der Waals surface area contributed by atoms with E-state index in [0.29, 0.717) is 17.2 Å². The molecule has 82 valence electrons. The summed E-state index contributed by atoms with van der Waals surface area (Å²) in [5.74, 6) is 1.80. The Balaban J connectivity index is 2.53. The van der Waals surface area contributed by atoms with Crippen LogP contribution in [0.1, 0.15) is 19.4 Å². The standard InChI is InChI=1S/C11H14O4/c1-11(2,12)7-4-8(13-3)10-9(5-7)14-6-15-10/h4-5,12H,6H2,1-3H3. The smallest absolute Gasteiger partial charge is 0.231 e. The maximum Gasteiger partial charge on any atom is 0.231 e. The SMILES string of the molecule is COc1cc(C(C)(C)O)cc2c1OCO2. The fourth-order valence-electron chi connectivity index (χ4n) is 1.48. The molecule has 0 unspecified atom stereocenters. The minimum Gasteiger partial charge on any atom is -0.493 e. The topological polar surface area (TPSA) is 47.9 Å². The van der Waals surface area contributed by atoms with Crippen LogP contribution in [-0.4, -0.2) is 19.0 Å². The van der Waals surface area contributed by atoms with Crippen LogP contribution in [0.4, 0.5) is 0 Å². The minimum absolute atomic E-state index is 0.195. The summed E-state index contributed by atoms with van der Waals surface area (Å²) in [6.07, 6.45) is 0. The molecule has 1 aromatic carbocycles. The summed E-state index contributed by atoms with van der Waals surface area (Å²) in [5.41, 5.74) is -0.183. The number of benzene rings is 1. The van der Waals surface area contributed by atoms with E-state index < -0.39 is 5.60 Å². The average molecular weight is 210 g/mol. The Bertz CT molecular complexity index is 379. The first-order valence-corrected chi connectivity index (χ1v) is 4.73. The number of rotatable bonds is 2. The van der Waals surface area contributed by atoms with E-state index in [4.69, 9.17) is 14.2 Å². The van der Waals surface area contributed by atoms with Gasteiger partial charge in [-0.05, 0) is 31.5 Å². The zero-order valence-electron chi connectivity index (χ0n) is 9.03. The first-order valence-electron chi connectivity index (χ1n) is 4.73. The largest absolute Gasteiger partial charge is 0.493 e. The van der Waals surface area contributed by atoms with Gasteiger partial charge >= 0.3 is 0 Å². The Hall–Kier alpha value is -1.42. The number of hydrogen-bond acceptors (Lipinski definition) is 4. The molecular formula is C11H14O4. The van der Waals surface area contributed by atoms with Crippen molar-refractivity contribution in [3.63, 3.8) is 0 Å². The third-order valence-corrected chi connectivity index (χ3v) is 2.36. The Morgan fingerprint density at radius 1 is 1.33 bits per heavy atom. The summed E-state index contributed by atoms with van der Waals surface area (Å²) in [4.78, 5) is 0. The van der Waals surface area contributed by atoms with E-state index in [1.807, 2.05) is 0 Å². The summed E-state index contributed by atoms with van der Waals surface area (Å²) in [7, 11) is 1.56. The Kier molecular flexibility index (Phi) is 2.23. The van der Waals surface area contributed by atoms with Gasteiger partial charge in [0.25, 0.3) is 0 Å². The van der Waals surface area contributed by atoms with Crippen molar-refractivity contribution in [2.75, 3.05) is 13.9 Å². The molecule has 0 atom stereocenters. The molecule has 0 fully saturated rings. The Labute approximate surface area is 88.4 Å². The molecule has 0 amide bonds. The summed E-state index contributed by atoms with van der Waals surface area (Å²) < 4.78 is 15.7. The van der Waals surface area contributed by atoms with Crippen molar-refractivity contribution in [2.45, 2.75) is 19.4 Å². The molecule has 4 nitrogen and oxygen atoms in total. The molecule has 1 aliphatic rings. The highest BCUT2D eigenvalue weighted by atomic mass is 16.7. The van der Waals surface area contributed by atoms with Crippen LogP contribution < -0.4 is 14.2 Å². The summed E-state index contributed by atoms with van der Waals surface area (Å²) >= 11 is 0. The highest BCUT2D eigenvalue weighted by Crippen LogP contribution is 2.43. The molecule has 2 rings (SSSR count). The minimum atomic E-state index is -0.922. The second kappa shape index (κ2) is 3.31. The highest BCUT2D eigenvalue weighted by molar-refractivity contribution is 5.55. The van der Waals surface area contributed by atoms with E-state index in [2.05, 4.69) is 0 Å². The lowest BCUT2D eigenvalue weighted by atomic mass is 9.97. The number of ether oxygens (including phenoxy) is 3. The molecule has 0 spiro atoms. The summed E-state index contributed by atoms with van der Waals surface area (Å²) in [5, 5.41) is 9.89. The van der Waals surface area contributed by atoms with Gasteiger partial charge in [-0.2, -0.15) is 0 Å². The van der Waals surface area contributed by atoms with Gasteiger partial charge in [0.1, 0.15) is 0 Å². The molecule has 1 heterocycles. The third kappa shape index (κ3) is 1.72. The fraction of sp³-hybridized carbons (Fsp3) is 0.455. The zero-order valence-corrected chi connectivity index (χ0v) is 9.03. The molecule has 4 heteroatoms. The molecule has 1 aliphatic heterocycles. The van der Waals surface area contributed by atoms with Gasteiger partial charge in [0.2, 0.25) is 12.5 Å². The highest BCUT2D eigenvalue weighted by Gasteiger charge is 2.25. The van der Waals surface area contributed by atoms with Crippen LogP contribution >= 0.6 is 0 Å². The van der Waals surface area contributed by atoms with Gasteiger partial charge in [-0.25, -0.2) is 0 Å². The predicted octanol–water partition coefficient (Wildman–Crippen LogP) is 1.65. The molecule has 0 radical (unpaired) electrons. The number of aliphatic hydroxyl groups is 1. The predicted molar refractivity (Wildman–Crippen MR) is 54.4 cm³/mol.